The van der Waals surface area contributed by atoms with E-state index in [2.05, 4.69) is 14.4 Å². The van der Waals surface area contributed by atoms with Gasteiger partial charge in [-0.3, -0.25) is 4.90 Å². The lowest BCUT2D eigenvalue weighted by molar-refractivity contribution is -0.275. The Morgan fingerprint density at radius 3 is 1.64 bits per heavy atom. The summed E-state index contributed by atoms with van der Waals surface area (Å²) in [7, 11) is 0. The van der Waals surface area contributed by atoms with Crippen LogP contribution in [-0.2, 0) is 12.1 Å². The molecular weight excluding hydrogens is 508 g/mol. The van der Waals surface area contributed by atoms with Crippen LogP contribution in [0.1, 0.15) is 28.8 Å². The first kappa shape index (κ1) is 26.3. The van der Waals surface area contributed by atoms with Gasteiger partial charge in [-0.25, -0.2) is 0 Å². The molecule has 1 aromatic heterocycles. The molecule has 0 radical (unpaired) electrons. The van der Waals surface area contributed by atoms with Gasteiger partial charge in [-0.15, -0.1) is 37.7 Å². The van der Waals surface area contributed by atoms with Crippen LogP contribution < -0.4 is 9.47 Å². The number of rotatable bonds is 7. The second-order valence-corrected chi connectivity index (χ2v) is 9.57. The smallest absolute Gasteiger partial charge is 0.406 e. The van der Waals surface area contributed by atoms with Crippen molar-refractivity contribution in [2.24, 2.45) is 5.92 Å². The van der Waals surface area contributed by atoms with Crippen LogP contribution >= 0.6 is 11.3 Å². The molecule has 0 unspecified atom stereocenters. The Morgan fingerprint density at radius 2 is 1.25 bits per heavy atom. The number of hydrogen-bond donors (Lipinski definition) is 1. The third-order valence-corrected chi connectivity index (χ3v) is 7.06. The largest absolute Gasteiger partial charge is 0.573 e. The first-order valence-corrected chi connectivity index (χ1v) is 12.0. The summed E-state index contributed by atoms with van der Waals surface area (Å²) in [6, 6.07) is 13.9. The molecule has 1 aliphatic rings. The molecule has 194 valence electrons. The summed E-state index contributed by atoms with van der Waals surface area (Å²) in [6.07, 6.45) is -8.57. The minimum Gasteiger partial charge on any atom is -0.406 e. The molecule has 4 nitrogen and oxygen atoms in total. The third kappa shape index (κ3) is 6.51. The van der Waals surface area contributed by atoms with Crippen LogP contribution in [0, 0.1) is 5.92 Å². The zero-order valence-electron chi connectivity index (χ0n) is 18.9. The summed E-state index contributed by atoms with van der Waals surface area (Å²) in [5.74, 6) is -1.21. The van der Waals surface area contributed by atoms with Crippen molar-refractivity contribution in [3.05, 3.63) is 82.0 Å². The maximum absolute atomic E-state index is 12.6. The average molecular weight is 532 g/mol. The Morgan fingerprint density at radius 1 is 0.778 bits per heavy atom. The number of halogens is 6. The SMILES string of the molecule is OC(c1ccc(OC(F)(F)F)cc1)(c1ccc(OC(F)(F)F)cc1)C1CCN(Cc2cccs2)CC1. The van der Waals surface area contributed by atoms with Gasteiger partial charge in [0.1, 0.15) is 17.1 Å². The van der Waals surface area contributed by atoms with E-state index < -0.39 is 29.8 Å². The highest BCUT2D eigenvalue weighted by Gasteiger charge is 2.42. The number of piperidine rings is 1. The van der Waals surface area contributed by atoms with Crippen LogP contribution in [0.25, 0.3) is 0 Å². The van der Waals surface area contributed by atoms with E-state index in [1.54, 1.807) is 11.3 Å². The predicted molar refractivity (Wildman–Crippen MR) is 122 cm³/mol. The number of nitrogens with zero attached hydrogens (tertiary/aromatic N) is 1. The van der Waals surface area contributed by atoms with Gasteiger partial charge >= 0.3 is 12.7 Å². The monoisotopic (exact) mass is 531 g/mol. The lowest BCUT2D eigenvalue weighted by Crippen LogP contribution is -2.44. The first-order chi connectivity index (χ1) is 16.9. The van der Waals surface area contributed by atoms with Crippen molar-refractivity contribution >= 4 is 11.3 Å². The summed E-state index contributed by atoms with van der Waals surface area (Å²) in [5, 5.41) is 14.0. The van der Waals surface area contributed by atoms with Crippen molar-refractivity contribution in [1.29, 1.82) is 0 Å². The Kier molecular flexibility index (Phi) is 7.53. The van der Waals surface area contributed by atoms with Gasteiger partial charge in [0.15, 0.2) is 0 Å². The number of thiophene rings is 1. The fraction of sp³-hybridized carbons (Fsp3) is 0.360. The molecule has 0 spiro atoms. The Bertz CT molecular complexity index is 1050. The number of benzene rings is 2. The molecule has 1 N–H and O–H groups in total. The van der Waals surface area contributed by atoms with Crippen molar-refractivity contribution in [2.45, 2.75) is 37.7 Å². The second kappa shape index (κ2) is 10.3. The van der Waals surface area contributed by atoms with Crippen molar-refractivity contribution in [3.8, 4) is 11.5 Å². The molecule has 0 bridgehead atoms. The van der Waals surface area contributed by atoms with Gasteiger partial charge in [0, 0.05) is 11.4 Å². The van der Waals surface area contributed by atoms with Gasteiger partial charge in [-0.2, -0.15) is 0 Å². The minimum atomic E-state index is -4.86. The van der Waals surface area contributed by atoms with Gasteiger partial charge in [0.2, 0.25) is 0 Å². The number of aliphatic hydroxyl groups is 1. The molecule has 1 fully saturated rings. The summed E-state index contributed by atoms with van der Waals surface area (Å²) in [5.41, 5.74) is -1.01. The normalized spacial score (nSPS) is 16.2. The Balaban J connectivity index is 1.60. The molecule has 0 aliphatic carbocycles. The Hall–Kier alpha value is -2.76. The number of alkyl halides is 6. The van der Waals surface area contributed by atoms with E-state index >= 15 is 0 Å². The van der Waals surface area contributed by atoms with E-state index in [1.807, 2.05) is 17.5 Å². The van der Waals surface area contributed by atoms with E-state index in [0.717, 1.165) is 30.8 Å². The van der Waals surface area contributed by atoms with Crippen LogP contribution in [0.2, 0.25) is 0 Å². The Labute approximate surface area is 207 Å². The number of hydrogen-bond acceptors (Lipinski definition) is 5. The van der Waals surface area contributed by atoms with Gasteiger partial charge < -0.3 is 14.6 Å². The molecule has 4 rings (SSSR count). The van der Waals surface area contributed by atoms with Crippen LogP contribution in [0.4, 0.5) is 26.3 Å². The van der Waals surface area contributed by atoms with Gasteiger partial charge in [-0.1, -0.05) is 30.3 Å². The van der Waals surface area contributed by atoms with Crippen molar-refractivity contribution in [3.63, 3.8) is 0 Å². The average Bonchev–Trinajstić information content (AvgIpc) is 3.31. The number of likely N-dealkylation sites (tertiary alicyclic amines) is 1. The molecule has 1 aliphatic heterocycles. The van der Waals surface area contributed by atoms with E-state index in [-0.39, 0.29) is 5.92 Å². The first-order valence-electron chi connectivity index (χ1n) is 11.1. The topological polar surface area (TPSA) is 41.9 Å². The van der Waals surface area contributed by atoms with E-state index in [1.165, 1.54) is 29.1 Å². The van der Waals surface area contributed by atoms with Gasteiger partial charge in [0.25, 0.3) is 0 Å². The highest BCUT2D eigenvalue weighted by atomic mass is 32.1. The van der Waals surface area contributed by atoms with E-state index in [0.29, 0.717) is 37.1 Å². The molecule has 2 aromatic carbocycles. The molecule has 36 heavy (non-hydrogen) atoms. The van der Waals surface area contributed by atoms with E-state index in [9.17, 15) is 31.4 Å². The third-order valence-electron chi connectivity index (χ3n) is 6.19. The highest BCUT2D eigenvalue weighted by Crippen LogP contribution is 2.43. The molecule has 11 heteroatoms. The van der Waals surface area contributed by atoms with Crippen molar-refractivity contribution in [1.82, 2.24) is 4.90 Å². The molecule has 0 saturated carbocycles. The van der Waals surface area contributed by atoms with Crippen LogP contribution in [0.3, 0.4) is 0 Å². The lowest BCUT2D eigenvalue weighted by atomic mass is 9.72. The lowest BCUT2D eigenvalue weighted by Gasteiger charge is -2.42. The maximum Gasteiger partial charge on any atom is 0.573 e. The summed E-state index contributed by atoms with van der Waals surface area (Å²) in [4.78, 5) is 3.47. The summed E-state index contributed by atoms with van der Waals surface area (Å²) >= 11 is 1.65. The zero-order valence-corrected chi connectivity index (χ0v) is 19.7. The second-order valence-electron chi connectivity index (χ2n) is 8.54. The van der Waals surface area contributed by atoms with Gasteiger partial charge in [0.05, 0.1) is 0 Å². The zero-order chi connectivity index (χ0) is 26.0. The van der Waals surface area contributed by atoms with E-state index in [4.69, 9.17) is 0 Å². The predicted octanol–water partition coefficient (Wildman–Crippen LogP) is 6.69. The fourth-order valence-electron chi connectivity index (χ4n) is 4.59. The standard InChI is InChI=1S/C25H23F6NO3S/c26-24(27,28)34-20-7-3-17(4-8-20)23(33,18-5-9-21(10-6-18)35-25(29,30)31)19-11-13-32(14-12-19)16-22-2-1-15-36-22/h1-10,15,19,33H,11-14,16H2. The molecule has 3 aromatic rings. The minimum absolute atomic E-state index is 0.318. The molecule has 2 heterocycles. The van der Waals surface area contributed by atoms with Crippen LogP contribution in [-0.4, -0.2) is 35.8 Å². The molecule has 0 amide bonds. The van der Waals surface area contributed by atoms with Crippen molar-refractivity contribution in [2.75, 3.05) is 13.1 Å². The molecule has 0 atom stereocenters. The van der Waals surface area contributed by atoms with Crippen LogP contribution in [0.15, 0.2) is 66.0 Å². The van der Waals surface area contributed by atoms with Crippen molar-refractivity contribution < 1.29 is 40.9 Å². The summed E-state index contributed by atoms with van der Waals surface area (Å²) in [6.45, 7) is 2.13. The van der Waals surface area contributed by atoms with Crippen LogP contribution in [0.5, 0.6) is 11.5 Å². The van der Waals surface area contributed by atoms with Gasteiger partial charge in [-0.05, 0) is 78.7 Å². The molecular formula is C25H23F6NO3S. The quantitative estimate of drug-likeness (QED) is 0.345. The maximum atomic E-state index is 12.6. The number of ether oxygens (including phenoxy) is 2. The summed E-state index contributed by atoms with van der Waals surface area (Å²) < 4.78 is 83.4. The molecule has 1 saturated heterocycles. The fourth-order valence-corrected chi connectivity index (χ4v) is 5.34. The highest BCUT2D eigenvalue weighted by molar-refractivity contribution is 7.09.